The molecule has 0 bridgehead atoms. The van der Waals surface area contributed by atoms with Crippen molar-refractivity contribution in [2.24, 2.45) is 11.5 Å². The molecule has 0 saturated heterocycles. The van der Waals surface area contributed by atoms with Crippen LogP contribution in [0.5, 0.6) is 11.5 Å². The molecule has 1 atom stereocenters. The van der Waals surface area contributed by atoms with Crippen molar-refractivity contribution in [3.63, 3.8) is 0 Å². The number of benzene rings is 1. The Morgan fingerprint density at radius 3 is 2.50 bits per heavy atom. The Kier molecular flexibility index (Phi) is 4.12. The smallest absolute Gasteiger partial charge is 0.344 e. The number of ether oxygens (including phenoxy) is 1. The second-order valence-electron chi connectivity index (χ2n) is 3.80. The first-order chi connectivity index (χ1) is 8.30. The van der Waals surface area contributed by atoms with Crippen LogP contribution in [0.25, 0.3) is 0 Å². The highest BCUT2D eigenvalue weighted by molar-refractivity contribution is 5.80. The Morgan fingerprint density at radius 2 is 2.00 bits per heavy atom. The van der Waals surface area contributed by atoms with Gasteiger partial charge in [-0.05, 0) is 24.6 Å². The van der Waals surface area contributed by atoms with Crippen LogP contribution in [0.2, 0.25) is 0 Å². The molecule has 0 heterocycles. The van der Waals surface area contributed by atoms with Crippen molar-refractivity contribution >= 4 is 5.97 Å². The zero-order valence-corrected chi connectivity index (χ0v) is 9.83. The van der Waals surface area contributed by atoms with Crippen molar-refractivity contribution < 1.29 is 24.9 Å². The van der Waals surface area contributed by atoms with Gasteiger partial charge in [0.2, 0.25) is 0 Å². The molecule has 0 saturated carbocycles. The standard InChI is InChI=1S/C11H16N2O5/c1-2-18-10(17)11(12,13)9(16)6-3-4-7(14)8(15)5-6/h3-5,9,14-16H,2,12-13H2,1H3. The van der Waals surface area contributed by atoms with Crippen LogP contribution in [0, 0.1) is 0 Å². The maximum absolute atomic E-state index is 11.5. The zero-order valence-electron chi connectivity index (χ0n) is 9.83. The van der Waals surface area contributed by atoms with Gasteiger partial charge in [-0.2, -0.15) is 0 Å². The van der Waals surface area contributed by atoms with Gasteiger partial charge in [0, 0.05) is 0 Å². The molecule has 0 radical (unpaired) electrons. The molecule has 0 aromatic heterocycles. The van der Waals surface area contributed by atoms with Gasteiger partial charge in [0.05, 0.1) is 6.61 Å². The summed E-state index contributed by atoms with van der Waals surface area (Å²) in [5, 5.41) is 28.4. The largest absolute Gasteiger partial charge is 0.504 e. The van der Waals surface area contributed by atoms with Gasteiger partial charge in [0.1, 0.15) is 6.10 Å². The molecule has 0 spiro atoms. The van der Waals surface area contributed by atoms with Crippen LogP contribution in [0.3, 0.4) is 0 Å². The number of carbonyl (C=O) groups excluding carboxylic acids is 1. The molecule has 1 aromatic rings. The fraction of sp³-hybridized carbons (Fsp3) is 0.364. The van der Waals surface area contributed by atoms with E-state index >= 15 is 0 Å². The molecule has 7 nitrogen and oxygen atoms in total. The summed E-state index contributed by atoms with van der Waals surface area (Å²) in [5.74, 6) is -1.78. The Bertz CT molecular complexity index is 447. The third kappa shape index (κ3) is 2.70. The topological polar surface area (TPSA) is 139 Å². The lowest BCUT2D eigenvalue weighted by Crippen LogP contribution is -2.61. The summed E-state index contributed by atoms with van der Waals surface area (Å²) in [6.45, 7) is 1.65. The summed E-state index contributed by atoms with van der Waals surface area (Å²) in [4.78, 5) is 11.5. The predicted molar refractivity (Wildman–Crippen MR) is 62.5 cm³/mol. The Morgan fingerprint density at radius 1 is 1.39 bits per heavy atom. The Labute approximate surface area is 104 Å². The van der Waals surface area contributed by atoms with Crippen molar-refractivity contribution in [3.8, 4) is 11.5 Å². The summed E-state index contributed by atoms with van der Waals surface area (Å²) < 4.78 is 4.64. The van der Waals surface area contributed by atoms with Gasteiger partial charge in [-0.25, -0.2) is 4.79 Å². The third-order valence-corrected chi connectivity index (χ3v) is 2.40. The summed E-state index contributed by atoms with van der Waals surface area (Å²) >= 11 is 0. The van der Waals surface area contributed by atoms with Crippen molar-refractivity contribution in [1.82, 2.24) is 0 Å². The Balaban J connectivity index is 3.01. The highest BCUT2D eigenvalue weighted by Crippen LogP contribution is 2.30. The number of hydrogen-bond acceptors (Lipinski definition) is 7. The van der Waals surface area contributed by atoms with Gasteiger partial charge in [-0.1, -0.05) is 6.07 Å². The molecule has 18 heavy (non-hydrogen) atoms. The molecule has 1 unspecified atom stereocenters. The van der Waals surface area contributed by atoms with E-state index in [1.165, 1.54) is 6.07 Å². The second-order valence-corrected chi connectivity index (χ2v) is 3.80. The van der Waals surface area contributed by atoms with Crippen LogP contribution < -0.4 is 11.5 Å². The van der Waals surface area contributed by atoms with Crippen molar-refractivity contribution in [1.29, 1.82) is 0 Å². The van der Waals surface area contributed by atoms with E-state index < -0.39 is 23.5 Å². The van der Waals surface area contributed by atoms with Gasteiger partial charge in [0.15, 0.2) is 17.2 Å². The normalized spacial score (nSPS) is 13.1. The Hall–Kier alpha value is -1.83. The summed E-state index contributed by atoms with van der Waals surface area (Å²) in [5.41, 5.74) is 8.99. The molecule has 1 rings (SSSR count). The van der Waals surface area contributed by atoms with Gasteiger partial charge < -0.3 is 31.5 Å². The van der Waals surface area contributed by atoms with Gasteiger partial charge >= 0.3 is 5.97 Å². The predicted octanol–water partition coefficient (Wildman–Crippen LogP) is -0.692. The monoisotopic (exact) mass is 256 g/mol. The van der Waals surface area contributed by atoms with E-state index in [0.29, 0.717) is 0 Å². The van der Waals surface area contributed by atoms with Gasteiger partial charge in [-0.3, -0.25) is 0 Å². The quantitative estimate of drug-likeness (QED) is 0.273. The first-order valence-corrected chi connectivity index (χ1v) is 5.25. The number of aromatic hydroxyl groups is 2. The minimum atomic E-state index is -2.14. The molecule has 100 valence electrons. The van der Waals surface area contributed by atoms with Crippen LogP contribution >= 0.6 is 0 Å². The number of nitrogens with two attached hydrogens (primary N) is 2. The van der Waals surface area contributed by atoms with E-state index in [4.69, 9.17) is 16.6 Å². The molecule has 0 aliphatic heterocycles. The fourth-order valence-electron chi connectivity index (χ4n) is 1.35. The molecule has 0 aliphatic rings. The van der Waals surface area contributed by atoms with Crippen LogP contribution in [-0.2, 0) is 9.53 Å². The highest BCUT2D eigenvalue weighted by Gasteiger charge is 2.40. The molecule has 0 fully saturated rings. The first kappa shape index (κ1) is 14.2. The van der Waals surface area contributed by atoms with E-state index in [-0.39, 0.29) is 17.9 Å². The number of esters is 1. The number of aliphatic hydroxyl groups is 1. The maximum Gasteiger partial charge on any atom is 0.344 e. The summed E-state index contributed by atoms with van der Waals surface area (Å²) in [7, 11) is 0. The van der Waals surface area contributed by atoms with E-state index in [0.717, 1.165) is 12.1 Å². The highest BCUT2D eigenvalue weighted by atomic mass is 16.5. The molecular weight excluding hydrogens is 240 g/mol. The van der Waals surface area contributed by atoms with Crippen LogP contribution in [0.1, 0.15) is 18.6 Å². The minimum absolute atomic E-state index is 0.0720. The number of rotatable bonds is 4. The van der Waals surface area contributed by atoms with Crippen molar-refractivity contribution in [2.75, 3.05) is 6.61 Å². The van der Waals surface area contributed by atoms with Crippen LogP contribution in [0.4, 0.5) is 0 Å². The van der Waals surface area contributed by atoms with Crippen molar-refractivity contribution in [3.05, 3.63) is 23.8 Å². The number of aliphatic hydroxyl groups excluding tert-OH is 1. The summed E-state index contributed by atoms with van der Waals surface area (Å²) in [6.07, 6.45) is -1.58. The number of phenols is 2. The summed E-state index contributed by atoms with van der Waals surface area (Å²) in [6, 6.07) is 3.50. The fourth-order valence-corrected chi connectivity index (χ4v) is 1.35. The minimum Gasteiger partial charge on any atom is -0.504 e. The molecule has 7 N–H and O–H groups in total. The van der Waals surface area contributed by atoms with Crippen LogP contribution in [-0.4, -0.2) is 33.6 Å². The number of carbonyl (C=O) groups is 1. The van der Waals surface area contributed by atoms with Gasteiger partial charge in [-0.15, -0.1) is 0 Å². The lowest BCUT2D eigenvalue weighted by molar-refractivity contribution is -0.154. The van der Waals surface area contributed by atoms with E-state index in [2.05, 4.69) is 4.74 Å². The van der Waals surface area contributed by atoms with Crippen LogP contribution in [0.15, 0.2) is 18.2 Å². The lowest BCUT2D eigenvalue weighted by Gasteiger charge is -2.27. The molecule has 7 heteroatoms. The van der Waals surface area contributed by atoms with E-state index in [1.54, 1.807) is 6.92 Å². The molecule has 1 aromatic carbocycles. The van der Waals surface area contributed by atoms with Gasteiger partial charge in [0.25, 0.3) is 0 Å². The second kappa shape index (κ2) is 5.21. The number of phenolic OH excluding ortho intramolecular Hbond substituents is 2. The molecule has 0 amide bonds. The molecule has 0 aliphatic carbocycles. The average Bonchev–Trinajstić information content (AvgIpc) is 2.32. The zero-order chi connectivity index (χ0) is 13.9. The van der Waals surface area contributed by atoms with E-state index in [1.807, 2.05) is 0 Å². The van der Waals surface area contributed by atoms with E-state index in [9.17, 15) is 15.0 Å². The lowest BCUT2D eigenvalue weighted by atomic mass is 9.97. The molecular formula is C11H16N2O5. The maximum atomic E-state index is 11.5. The average molecular weight is 256 g/mol. The third-order valence-electron chi connectivity index (χ3n) is 2.40. The first-order valence-electron chi connectivity index (χ1n) is 5.25. The SMILES string of the molecule is CCOC(=O)C(N)(N)C(O)c1ccc(O)c(O)c1. The number of hydrogen-bond donors (Lipinski definition) is 5. The van der Waals surface area contributed by atoms with Crippen molar-refractivity contribution in [2.45, 2.75) is 18.7 Å².